The molecule has 3 aliphatic rings. The lowest BCUT2D eigenvalue weighted by Crippen LogP contribution is -2.82. The van der Waals surface area contributed by atoms with E-state index in [-0.39, 0.29) is 17.9 Å². The van der Waals surface area contributed by atoms with Crippen LogP contribution in [0.2, 0.25) is 0 Å². The number of β-amino-alcohol motifs (C(OH)–C–C–N with tert-alkyl or cyclic N) is 1. The summed E-state index contributed by atoms with van der Waals surface area (Å²) in [5.41, 5.74) is 0.293. The van der Waals surface area contributed by atoms with Crippen molar-refractivity contribution < 1.29 is 14.7 Å². The van der Waals surface area contributed by atoms with Crippen LogP contribution >= 0.6 is 0 Å². The number of likely N-dealkylation sites (tertiary alicyclic amines) is 1. The number of nitrogens with zero attached hydrogens (tertiary/aromatic N) is 3. The summed E-state index contributed by atoms with van der Waals surface area (Å²) in [4.78, 5) is 31.9. The van der Waals surface area contributed by atoms with Crippen LogP contribution in [0.4, 0.5) is 0 Å². The Kier molecular flexibility index (Phi) is 3.94. The first kappa shape index (κ1) is 16.7. The normalized spacial score (nSPS) is 29.4. The lowest BCUT2D eigenvalue weighted by molar-refractivity contribution is -0.182. The molecule has 1 N–H and O–H groups in total. The van der Waals surface area contributed by atoms with Crippen LogP contribution in [0.1, 0.15) is 25.8 Å². The number of imide groups is 1. The van der Waals surface area contributed by atoms with E-state index in [4.69, 9.17) is 0 Å². The predicted octanol–water partition coefficient (Wildman–Crippen LogP) is 0.453. The highest BCUT2D eigenvalue weighted by Gasteiger charge is 2.64. The molecule has 0 bridgehead atoms. The Morgan fingerprint density at radius 1 is 1.20 bits per heavy atom. The van der Waals surface area contributed by atoms with Gasteiger partial charge >= 0.3 is 0 Å². The number of fused-ring (bicyclic) bond motifs is 2. The molecule has 1 spiro atoms. The summed E-state index contributed by atoms with van der Waals surface area (Å²) in [5, 5.41) is 10.1. The number of carbonyl (C=O) groups excluding carboxylic acids is 2. The summed E-state index contributed by atoms with van der Waals surface area (Å²) in [6.07, 6.45) is -0.121. The average Bonchev–Trinajstić information content (AvgIpc) is 2.93. The fourth-order valence-corrected chi connectivity index (χ4v) is 4.40. The van der Waals surface area contributed by atoms with Crippen molar-refractivity contribution in [3.05, 3.63) is 35.9 Å². The molecule has 0 aliphatic carbocycles. The second-order valence-corrected chi connectivity index (χ2v) is 7.80. The van der Waals surface area contributed by atoms with E-state index in [1.54, 1.807) is 0 Å². The molecule has 4 rings (SSSR count). The maximum atomic E-state index is 13.3. The third kappa shape index (κ3) is 2.51. The molecule has 6 heteroatoms. The quantitative estimate of drug-likeness (QED) is 0.808. The van der Waals surface area contributed by atoms with E-state index in [9.17, 15) is 14.7 Å². The van der Waals surface area contributed by atoms with Gasteiger partial charge in [0.1, 0.15) is 5.54 Å². The van der Waals surface area contributed by atoms with E-state index in [1.165, 1.54) is 4.90 Å². The van der Waals surface area contributed by atoms with Crippen LogP contribution in [0, 0.1) is 0 Å². The number of piperazine rings is 1. The molecule has 1 aromatic rings. The SMILES string of the molecule is CC(C)N1CC2(C1)C(=O)N(Cc1ccccc1)C(=O)C1CC(O)CN12. The Morgan fingerprint density at radius 3 is 2.52 bits per heavy atom. The van der Waals surface area contributed by atoms with E-state index >= 15 is 0 Å². The van der Waals surface area contributed by atoms with Crippen molar-refractivity contribution in [1.82, 2.24) is 14.7 Å². The average molecular weight is 343 g/mol. The van der Waals surface area contributed by atoms with Crippen LogP contribution in [0.5, 0.6) is 0 Å². The highest BCUT2D eigenvalue weighted by molar-refractivity contribution is 6.06. The maximum absolute atomic E-state index is 13.3. The second kappa shape index (κ2) is 5.90. The van der Waals surface area contributed by atoms with Crippen LogP contribution in [-0.2, 0) is 16.1 Å². The van der Waals surface area contributed by atoms with Gasteiger partial charge in [0, 0.05) is 25.7 Å². The van der Waals surface area contributed by atoms with Gasteiger partial charge in [0.15, 0.2) is 0 Å². The van der Waals surface area contributed by atoms with Crippen LogP contribution < -0.4 is 0 Å². The first-order valence-electron chi connectivity index (χ1n) is 9.01. The lowest BCUT2D eigenvalue weighted by Gasteiger charge is -2.59. The Morgan fingerprint density at radius 2 is 1.88 bits per heavy atom. The summed E-state index contributed by atoms with van der Waals surface area (Å²) in [7, 11) is 0. The summed E-state index contributed by atoms with van der Waals surface area (Å²) in [6.45, 7) is 6.21. The fraction of sp³-hybridized carbons (Fsp3) is 0.579. The number of hydrogen-bond acceptors (Lipinski definition) is 5. The van der Waals surface area contributed by atoms with Crippen molar-refractivity contribution in [2.24, 2.45) is 0 Å². The molecular weight excluding hydrogens is 318 g/mol. The van der Waals surface area contributed by atoms with Gasteiger partial charge < -0.3 is 5.11 Å². The van der Waals surface area contributed by atoms with Gasteiger partial charge in [0.2, 0.25) is 5.91 Å². The number of benzene rings is 1. The minimum Gasteiger partial charge on any atom is -0.392 e. The number of aliphatic hydroxyl groups excluding tert-OH is 1. The standard InChI is InChI=1S/C19H25N3O3/c1-13(2)20-11-19(12-20)18(25)21(9-14-6-4-3-5-7-14)17(24)16-8-15(23)10-22(16)19/h3-7,13,15-16,23H,8-12H2,1-2H3. The first-order valence-corrected chi connectivity index (χ1v) is 9.01. The zero-order valence-corrected chi connectivity index (χ0v) is 14.8. The number of rotatable bonds is 3. The van der Waals surface area contributed by atoms with Crippen LogP contribution in [0.3, 0.4) is 0 Å². The van der Waals surface area contributed by atoms with Gasteiger partial charge in [-0.15, -0.1) is 0 Å². The van der Waals surface area contributed by atoms with Gasteiger partial charge in [-0.25, -0.2) is 0 Å². The smallest absolute Gasteiger partial charge is 0.252 e. The Balaban J connectivity index is 1.65. The number of amides is 2. The molecular formula is C19H25N3O3. The Labute approximate surface area is 148 Å². The van der Waals surface area contributed by atoms with Crippen LogP contribution in [-0.4, -0.2) is 75.0 Å². The largest absolute Gasteiger partial charge is 0.392 e. The van der Waals surface area contributed by atoms with Crippen molar-refractivity contribution in [3.63, 3.8) is 0 Å². The van der Waals surface area contributed by atoms with E-state index in [2.05, 4.69) is 18.7 Å². The van der Waals surface area contributed by atoms with Crippen molar-refractivity contribution in [1.29, 1.82) is 0 Å². The van der Waals surface area contributed by atoms with Gasteiger partial charge in [0.05, 0.1) is 18.7 Å². The summed E-state index contributed by atoms with van der Waals surface area (Å²) in [5.74, 6) is -0.275. The first-order chi connectivity index (χ1) is 11.9. The molecule has 3 aliphatic heterocycles. The Bertz CT molecular complexity index is 684. The molecule has 0 saturated carbocycles. The number of hydrogen-bond donors (Lipinski definition) is 1. The van der Waals surface area contributed by atoms with Crippen LogP contribution in [0.15, 0.2) is 30.3 Å². The van der Waals surface area contributed by atoms with E-state index in [1.807, 2.05) is 35.2 Å². The van der Waals surface area contributed by atoms with Gasteiger partial charge in [-0.1, -0.05) is 30.3 Å². The second-order valence-electron chi connectivity index (χ2n) is 7.80. The number of aliphatic hydroxyl groups is 1. The molecule has 134 valence electrons. The molecule has 2 atom stereocenters. The topological polar surface area (TPSA) is 64.1 Å². The number of carbonyl (C=O) groups is 2. The molecule has 25 heavy (non-hydrogen) atoms. The molecule has 2 unspecified atom stereocenters. The van der Waals surface area contributed by atoms with Crippen LogP contribution in [0.25, 0.3) is 0 Å². The Hall–Kier alpha value is -1.76. The van der Waals surface area contributed by atoms with Gasteiger partial charge in [-0.3, -0.25) is 24.3 Å². The van der Waals surface area contributed by atoms with Gasteiger partial charge in [-0.05, 0) is 25.8 Å². The van der Waals surface area contributed by atoms with Crippen molar-refractivity contribution in [2.75, 3.05) is 19.6 Å². The molecule has 2 amide bonds. The predicted molar refractivity (Wildman–Crippen MR) is 92.6 cm³/mol. The van der Waals surface area contributed by atoms with Gasteiger partial charge in [0.25, 0.3) is 5.91 Å². The minimum atomic E-state index is -0.658. The monoisotopic (exact) mass is 343 g/mol. The molecule has 3 fully saturated rings. The molecule has 6 nitrogen and oxygen atoms in total. The van der Waals surface area contributed by atoms with Gasteiger partial charge in [-0.2, -0.15) is 0 Å². The third-order valence-electron chi connectivity index (χ3n) is 5.87. The van der Waals surface area contributed by atoms with E-state index in [0.29, 0.717) is 38.6 Å². The van der Waals surface area contributed by atoms with Crippen molar-refractivity contribution in [3.8, 4) is 0 Å². The minimum absolute atomic E-state index is 0.108. The van der Waals surface area contributed by atoms with E-state index in [0.717, 1.165) is 5.56 Å². The zero-order chi connectivity index (χ0) is 17.8. The molecule has 0 aromatic heterocycles. The molecule has 1 aromatic carbocycles. The zero-order valence-electron chi connectivity index (χ0n) is 14.8. The van der Waals surface area contributed by atoms with Crippen molar-refractivity contribution >= 4 is 11.8 Å². The fourth-order valence-electron chi connectivity index (χ4n) is 4.40. The lowest BCUT2D eigenvalue weighted by atomic mass is 9.81. The summed E-state index contributed by atoms with van der Waals surface area (Å²) >= 11 is 0. The maximum Gasteiger partial charge on any atom is 0.252 e. The molecule has 3 saturated heterocycles. The highest BCUT2D eigenvalue weighted by Crippen LogP contribution is 2.41. The molecule has 0 radical (unpaired) electrons. The highest BCUT2D eigenvalue weighted by atomic mass is 16.3. The summed E-state index contributed by atoms with van der Waals surface area (Å²) < 4.78 is 0. The summed E-state index contributed by atoms with van der Waals surface area (Å²) in [6, 6.07) is 9.61. The van der Waals surface area contributed by atoms with E-state index < -0.39 is 11.6 Å². The van der Waals surface area contributed by atoms with Crippen molar-refractivity contribution in [2.45, 2.75) is 50.5 Å². The third-order valence-corrected chi connectivity index (χ3v) is 5.87. The molecule has 3 heterocycles.